The van der Waals surface area contributed by atoms with Gasteiger partial charge >= 0.3 is 0 Å². The molecule has 1 fully saturated rings. The largest absolute Gasteiger partial charge is 0.483 e. The molecule has 1 aliphatic rings. The van der Waals surface area contributed by atoms with Crippen LogP contribution in [0.1, 0.15) is 57.1 Å². The van der Waals surface area contributed by atoms with E-state index >= 15 is 0 Å². The van der Waals surface area contributed by atoms with Crippen LogP contribution in [0.15, 0.2) is 53.0 Å². The molecule has 2 amide bonds. The van der Waals surface area contributed by atoms with Gasteiger partial charge in [-0.05, 0) is 65.4 Å². The van der Waals surface area contributed by atoms with E-state index < -0.39 is 6.04 Å². The highest BCUT2D eigenvalue weighted by Gasteiger charge is 2.28. The first-order valence-electron chi connectivity index (χ1n) is 11.5. The molecule has 6 heteroatoms. The molecule has 2 aromatic rings. The van der Waals surface area contributed by atoms with Crippen molar-refractivity contribution in [2.75, 3.05) is 6.61 Å². The van der Waals surface area contributed by atoms with Crippen molar-refractivity contribution in [2.45, 2.75) is 71.0 Å². The van der Waals surface area contributed by atoms with Gasteiger partial charge in [0.25, 0.3) is 5.91 Å². The second kappa shape index (κ2) is 12.0. The van der Waals surface area contributed by atoms with E-state index in [0.717, 1.165) is 42.1 Å². The first-order valence-corrected chi connectivity index (χ1v) is 12.3. The monoisotopic (exact) mass is 500 g/mol. The van der Waals surface area contributed by atoms with Gasteiger partial charge in [0, 0.05) is 12.6 Å². The van der Waals surface area contributed by atoms with Crippen LogP contribution in [0, 0.1) is 0 Å². The van der Waals surface area contributed by atoms with Crippen LogP contribution in [0.3, 0.4) is 0 Å². The molecule has 1 aliphatic carbocycles. The summed E-state index contributed by atoms with van der Waals surface area (Å²) in [5.74, 6) is 0.302. The summed E-state index contributed by atoms with van der Waals surface area (Å²) >= 11 is 3.52. The first-order chi connectivity index (χ1) is 15.5. The minimum absolute atomic E-state index is 0.102. The van der Waals surface area contributed by atoms with Gasteiger partial charge in [0.1, 0.15) is 11.8 Å². The lowest BCUT2D eigenvalue weighted by Gasteiger charge is -2.31. The van der Waals surface area contributed by atoms with Crippen molar-refractivity contribution in [1.29, 1.82) is 0 Å². The van der Waals surface area contributed by atoms with E-state index in [9.17, 15) is 9.59 Å². The van der Waals surface area contributed by atoms with Crippen LogP contribution in [0.25, 0.3) is 0 Å². The average Bonchev–Trinajstić information content (AvgIpc) is 2.82. The van der Waals surface area contributed by atoms with Gasteiger partial charge < -0.3 is 15.0 Å². The maximum absolute atomic E-state index is 13.2. The maximum atomic E-state index is 13.2. The third-order valence-electron chi connectivity index (χ3n) is 6.07. The van der Waals surface area contributed by atoms with Crippen molar-refractivity contribution in [3.63, 3.8) is 0 Å². The molecule has 0 aromatic heterocycles. The number of aryl methyl sites for hydroxylation is 1. The predicted octanol–water partition coefficient (Wildman–Crippen LogP) is 5.26. The van der Waals surface area contributed by atoms with Crippen LogP contribution in [0.2, 0.25) is 0 Å². The van der Waals surface area contributed by atoms with Gasteiger partial charge in [0.2, 0.25) is 5.91 Å². The Hall–Kier alpha value is -2.34. The van der Waals surface area contributed by atoms with E-state index in [4.69, 9.17) is 4.74 Å². The highest BCUT2D eigenvalue weighted by Crippen LogP contribution is 2.26. The van der Waals surface area contributed by atoms with Gasteiger partial charge in [0.05, 0.1) is 4.47 Å². The SMILES string of the molecule is CCc1ccc(OCC(=O)N(Cc2ccccc2)[C@H](C)C(=O)NC2CCCCC2)c(Br)c1. The Morgan fingerprint density at radius 3 is 2.47 bits per heavy atom. The molecule has 1 saturated carbocycles. The second-order valence-corrected chi connectivity index (χ2v) is 9.29. The zero-order chi connectivity index (χ0) is 22.9. The minimum Gasteiger partial charge on any atom is -0.483 e. The van der Waals surface area contributed by atoms with Crippen LogP contribution in [0.4, 0.5) is 0 Å². The summed E-state index contributed by atoms with van der Waals surface area (Å²) in [6.45, 7) is 4.12. The molecule has 0 saturated heterocycles. The van der Waals surface area contributed by atoms with Gasteiger partial charge in [-0.1, -0.05) is 62.6 Å². The molecule has 172 valence electrons. The topological polar surface area (TPSA) is 58.6 Å². The second-order valence-electron chi connectivity index (χ2n) is 8.43. The Morgan fingerprint density at radius 2 is 1.81 bits per heavy atom. The smallest absolute Gasteiger partial charge is 0.261 e. The van der Waals surface area contributed by atoms with Gasteiger partial charge in [-0.2, -0.15) is 0 Å². The summed E-state index contributed by atoms with van der Waals surface area (Å²) in [6, 6.07) is 15.2. The van der Waals surface area contributed by atoms with Crippen LogP contribution in [0.5, 0.6) is 5.75 Å². The third kappa shape index (κ3) is 6.83. The number of carbonyl (C=O) groups excluding carboxylic acids is 2. The van der Waals surface area contributed by atoms with Crippen LogP contribution in [-0.4, -0.2) is 35.4 Å². The number of halogens is 1. The maximum Gasteiger partial charge on any atom is 0.261 e. The van der Waals surface area contributed by atoms with E-state index in [-0.39, 0.29) is 24.5 Å². The molecule has 32 heavy (non-hydrogen) atoms. The lowest BCUT2D eigenvalue weighted by Crippen LogP contribution is -2.51. The summed E-state index contributed by atoms with van der Waals surface area (Å²) in [5.41, 5.74) is 2.17. The van der Waals surface area contributed by atoms with Crippen molar-refractivity contribution in [2.24, 2.45) is 0 Å². The Balaban J connectivity index is 1.69. The molecule has 0 bridgehead atoms. The van der Waals surface area contributed by atoms with Crippen LogP contribution < -0.4 is 10.1 Å². The summed E-state index contributed by atoms with van der Waals surface area (Å²) in [4.78, 5) is 27.8. The van der Waals surface area contributed by atoms with E-state index in [0.29, 0.717) is 12.3 Å². The van der Waals surface area contributed by atoms with Crippen molar-refractivity contribution < 1.29 is 14.3 Å². The number of nitrogens with zero attached hydrogens (tertiary/aromatic N) is 1. The van der Waals surface area contributed by atoms with Crippen molar-refractivity contribution in [1.82, 2.24) is 10.2 Å². The number of benzene rings is 2. The van der Waals surface area contributed by atoms with Crippen LogP contribution >= 0.6 is 15.9 Å². The average molecular weight is 501 g/mol. The van der Waals surface area contributed by atoms with Gasteiger partial charge in [-0.25, -0.2) is 0 Å². The highest BCUT2D eigenvalue weighted by molar-refractivity contribution is 9.10. The lowest BCUT2D eigenvalue weighted by molar-refractivity contribution is -0.142. The fourth-order valence-corrected chi connectivity index (χ4v) is 4.58. The van der Waals surface area contributed by atoms with Crippen molar-refractivity contribution in [3.05, 3.63) is 64.1 Å². The predicted molar refractivity (Wildman–Crippen MR) is 130 cm³/mol. The highest BCUT2D eigenvalue weighted by atomic mass is 79.9. The van der Waals surface area contributed by atoms with Crippen molar-refractivity contribution >= 4 is 27.7 Å². The summed E-state index contributed by atoms with van der Waals surface area (Å²) in [7, 11) is 0. The molecule has 0 spiro atoms. The molecule has 0 radical (unpaired) electrons. The molecule has 0 heterocycles. The number of rotatable bonds is 9. The number of hydrogen-bond acceptors (Lipinski definition) is 3. The van der Waals surface area contributed by atoms with E-state index in [2.05, 4.69) is 28.2 Å². The van der Waals surface area contributed by atoms with E-state index in [1.165, 1.54) is 12.0 Å². The number of carbonyl (C=O) groups is 2. The normalized spacial score (nSPS) is 15.1. The van der Waals surface area contributed by atoms with Crippen molar-refractivity contribution in [3.8, 4) is 5.75 Å². The van der Waals surface area contributed by atoms with Crippen LogP contribution in [-0.2, 0) is 22.6 Å². The Morgan fingerprint density at radius 1 is 1.09 bits per heavy atom. The summed E-state index contributed by atoms with van der Waals surface area (Å²) < 4.78 is 6.65. The Kier molecular flexibility index (Phi) is 9.15. The molecule has 3 rings (SSSR count). The van der Waals surface area contributed by atoms with Gasteiger partial charge in [0.15, 0.2) is 6.61 Å². The van der Waals surface area contributed by atoms with Gasteiger partial charge in [-0.3, -0.25) is 9.59 Å². The zero-order valence-corrected chi connectivity index (χ0v) is 20.6. The number of nitrogens with one attached hydrogen (secondary N) is 1. The lowest BCUT2D eigenvalue weighted by atomic mass is 9.95. The fourth-order valence-electron chi connectivity index (χ4n) is 4.04. The minimum atomic E-state index is -0.584. The summed E-state index contributed by atoms with van der Waals surface area (Å²) in [6.07, 6.45) is 6.46. The number of hydrogen-bond donors (Lipinski definition) is 1. The Labute approximate surface area is 199 Å². The fraction of sp³-hybridized carbons (Fsp3) is 0.462. The molecule has 0 unspecified atom stereocenters. The van der Waals surface area contributed by atoms with Gasteiger partial charge in [-0.15, -0.1) is 0 Å². The molecule has 5 nitrogen and oxygen atoms in total. The molecule has 0 aliphatic heterocycles. The third-order valence-corrected chi connectivity index (χ3v) is 6.69. The first kappa shape index (κ1) is 24.3. The molecule has 2 aromatic carbocycles. The Bertz CT molecular complexity index is 897. The summed E-state index contributed by atoms with van der Waals surface area (Å²) in [5, 5.41) is 3.15. The standard InChI is InChI=1S/C26H33BrN2O3/c1-3-20-14-15-24(23(27)16-20)32-18-25(30)29(17-21-10-6-4-7-11-21)19(2)26(31)28-22-12-8-5-9-13-22/h4,6-7,10-11,14-16,19,22H,3,5,8-9,12-13,17-18H2,1-2H3,(H,28,31)/t19-/m1/s1. The molecular weight excluding hydrogens is 468 g/mol. The zero-order valence-electron chi connectivity index (χ0n) is 19.0. The molecular formula is C26H33BrN2O3. The van der Waals surface area contributed by atoms with E-state index in [1.807, 2.05) is 48.5 Å². The number of amides is 2. The van der Waals surface area contributed by atoms with E-state index in [1.54, 1.807) is 11.8 Å². The number of ether oxygens (including phenoxy) is 1. The molecule has 1 atom stereocenters. The molecule has 1 N–H and O–H groups in total. The quantitative estimate of drug-likeness (QED) is 0.510.